The Morgan fingerprint density at radius 2 is 2.10 bits per heavy atom. The highest BCUT2D eigenvalue weighted by Gasteiger charge is 2.08. The van der Waals surface area contributed by atoms with Crippen LogP contribution in [0, 0.1) is 5.82 Å². The van der Waals surface area contributed by atoms with Crippen molar-refractivity contribution in [1.82, 2.24) is 10.3 Å². The molecule has 4 nitrogen and oxygen atoms in total. The van der Waals surface area contributed by atoms with Gasteiger partial charge in [-0.2, -0.15) is 0 Å². The first-order valence-corrected chi connectivity index (χ1v) is 6.88. The van der Waals surface area contributed by atoms with Crippen molar-refractivity contribution in [1.29, 1.82) is 0 Å². The average Bonchev–Trinajstić information content (AvgIpc) is 2.48. The minimum Gasteiger partial charge on any atom is -0.384 e. The molecule has 0 spiro atoms. The molecule has 1 amide bonds. The first-order chi connectivity index (χ1) is 10.1. The number of nitrogens with two attached hydrogens (primary N) is 1. The zero-order valence-corrected chi connectivity index (χ0v) is 11.9. The van der Waals surface area contributed by atoms with Gasteiger partial charge >= 0.3 is 0 Å². The van der Waals surface area contributed by atoms with E-state index in [9.17, 15) is 9.18 Å². The molecule has 1 aromatic heterocycles. The lowest BCUT2D eigenvalue weighted by Gasteiger charge is -2.08. The van der Waals surface area contributed by atoms with Crippen LogP contribution in [0.15, 0.2) is 36.4 Å². The number of aryl methyl sites for hydroxylation is 1. The Kier molecular flexibility index (Phi) is 4.87. The van der Waals surface area contributed by atoms with E-state index in [-0.39, 0.29) is 11.7 Å². The molecule has 1 aromatic carbocycles. The standard InChI is InChI=1S/C16H18FN3O/c1-2-13-9-12(10-15(18)20-13)16(21)19-8-7-11-5-3-4-6-14(11)17/h3-6,9-10H,2,7-8H2,1H3,(H2,18,20)(H,19,21). The summed E-state index contributed by atoms with van der Waals surface area (Å²) in [7, 11) is 0. The Morgan fingerprint density at radius 3 is 2.81 bits per heavy atom. The lowest BCUT2D eigenvalue weighted by atomic mass is 10.1. The molecule has 110 valence electrons. The van der Waals surface area contributed by atoms with Crippen molar-refractivity contribution >= 4 is 11.7 Å². The van der Waals surface area contributed by atoms with E-state index in [0.717, 1.165) is 5.69 Å². The van der Waals surface area contributed by atoms with Crippen molar-refractivity contribution in [3.05, 3.63) is 59.0 Å². The van der Waals surface area contributed by atoms with E-state index in [2.05, 4.69) is 10.3 Å². The highest BCUT2D eigenvalue weighted by molar-refractivity contribution is 5.94. The van der Waals surface area contributed by atoms with Crippen molar-refractivity contribution < 1.29 is 9.18 Å². The Morgan fingerprint density at radius 1 is 1.33 bits per heavy atom. The Balaban J connectivity index is 1.96. The molecule has 1 heterocycles. The molecule has 21 heavy (non-hydrogen) atoms. The summed E-state index contributed by atoms with van der Waals surface area (Å²) in [4.78, 5) is 16.2. The van der Waals surface area contributed by atoms with Crippen LogP contribution in [0.2, 0.25) is 0 Å². The Labute approximate surface area is 123 Å². The van der Waals surface area contributed by atoms with Crippen molar-refractivity contribution in [3.8, 4) is 0 Å². The van der Waals surface area contributed by atoms with E-state index in [4.69, 9.17) is 5.73 Å². The Hall–Kier alpha value is -2.43. The summed E-state index contributed by atoms with van der Waals surface area (Å²) in [6.07, 6.45) is 1.15. The van der Waals surface area contributed by atoms with E-state index < -0.39 is 0 Å². The maximum absolute atomic E-state index is 13.5. The largest absolute Gasteiger partial charge is 0.384 e. The van der Waals surface area contributed by atoms with E-state index in [1.54, 1.807) is 24.3 Å². The fraction of sp³-hybridized carbons (Fsp3) is 0.250. The predicted octanol–water partition coefficient (Wildman–Crippen LogP) is 2.34. The molecule has 2 rings (SSSR count). The normalized spacial score (nSPS) is 10.4. The zero-order valence-electron chi connectivity index (χ0n) is 11.9. The summed E-state index contributed by atoms with van der Waals surface area (Å²) in [5.41, 5.74) is 7.51. The average molecular weight is 287 g/mol. The van der Waals surface area contributed by atoms with Gasteiger partial charge in [-0.15, -0.1) is 0 Å². The highest BCUT2D eigenvalue weighted by atomic mass is 19.1. The van der Waals surface area contributed by atoms with Gasteiger partial charge in [-0.3, -0.25) is 4.79 Å². The number of nitrogen functional groups attached to an aromatic ring is 1. The van der Waals surface area contributed by atoms with Gasteiger partial charge in [0.1, 0.15) is 11.6 Å². The number of anilines is 1. The minimum atomic E-state index is -0.256. The van der Waals surface area contributed by atoms with Gasteiger partial charge in [-0.1, -0.05) is 25.1 Å². The summed E-state index contributed by atoms with van der Waals surface area (Å²) in [6.45, 7) is 2.31. The number of halogens is 1. The van der Waals surface area contributed by atoms with Crippen LogP contribution < -0.4 is 11.1 Å². The second-order valence-corrected chi connectivity index (χ2v) is 4.72. The van der Waals surface area contributed by atoms with E-state index in [1.807, 2.05) is 6.92 Å². The zero-order chi connectivity index (χ0) is 15.2. The maximum atomic E-state index is 13.5. The van der Waals surface area contributed by atoms with Gasteiger partial charge in [0, 0.05) is 17.8 Å². The van der Waals surface area contributed by atoms with Gasteiger partial charge < -0.3 is 11.1 Å². The smallest absolute Gasteiger partial charge is 0.251 e. The third kappa shape index (κ3) is 4.02. The van der Waals surface area contributed by atoms with Crippen molar-refractivity contribution in [2.24, 2.45) is 0 Å². The molecule has 0 saturated carbocycles. The second-order valence-electron chi connectivity index (χ2n) is 4.72. The van der Waals surface area contributed by atoms with Crippen LogP contribution in [-0.2, 0) is 12.8 Å². The maximum Gasteiger partial charge on any atom is 0.251 e. The number of benzene rings is 1. The molecule has 5 heteroatoms. The van der Waals surface area contributed by atoms with Gasteiger partial charge in [0.15, 0.2) is 0 Å². The summed E-state index contributed by atoms with van der Waals surface area (Å²) in [6, 6.07) is 9.79. The molecule has 0 fully saturated rings. The predicted molar refractivity (Wildman–Crippen MR) is 80.5 cm³/mol. The summed E-state index contributed by atoms with van der Waals surface area (Å²) in [5.74, 6) is -0.156. The molecule has 2 aromatic rings. The van der Waals surface area contributed by atoms with Crippen LogP contribution in [0.3, 0.4) is 0 Å². The number of carbonyl (C=O) groups is 1. The lowest BCUT2D eigenvalue weighted by molar-refractivity contribution is 0.0954. The summed E-state index contributed by atoms with van der Waals surface area (Å²) < 4.78 is 13.5. The van der Waals surface area contributed by atoms with Gasteiger partial charge in [-0.25, -0.2) is 9.37 Å². The molecule has 0 saturated heterocycles. The number of rotatable bonds is 5. The van der Waals surface area contributed by atoms with Crippen LogP contribution in [0.5, 0.6) is 0 Å². The number of nitrogens with zero attached hydrogens (tertiary/aromatic N) is 1. The van der Waals surface area contributed by atoms with Crippen LogP contribution in [0.25, 0.3) is 0 Å². The first-order valence-electron chi connectivity index (χ1n) is 6.88. The molecule has 3 N–H and O–H groups in total. The molecule has 0 atom stereocenters. The molecule has 0 aliphatic rings. The van der Waals surface area contributed by atoms with Gasteiger partial charge in [0.05, 0.1) is 0 Å². The third-order valence-electron chi connectivity index (χ3n) is 3.16. The number of aromatic nitrogens is 1. The van der Waals surface area contributed by atoms with Crippen molar-refractivity contribution in [3.63, 3.8) is 0 Å². The fourth-order valence-electron chi connectivity index (χ4n) is 2.04. The molecular weight excluding hydrogens is 269 g/mol. The Bertz CT molecular complexity index is 643. The third-order valence-corrected chi connectivity index (χ3v) is 3.16. The first kappa shape index (κ1) is 15.0. The van der Waals surface area contributed by atoms with Crippen LogP contribution in [0.4, 0.5) is 10.2 Å². The molecule has 0 radical (unpaired) electrons. The number of nitrogens with one attached hydrogen (secondary N) is 1. The van der Waals surface area contributed by atoms with Crippen LogP contribution in [0.1, 0.15) is 28.5 Å². The number of amides is 1. The molecule has 0 aliphatic carbocycles. The molecule has 0 aliphatic heterocycles. The quantitative estimate of drug-likeness (QED) is 0.887. The number of hydrogen-bond donors (Lipinski definition) is 2. The number of pyridine rings is 1. The molecule has 0 bridgehead atoms. The second kappa shape index (κ2) is 6.83. The van der Waals surface area contributed by atoms with E-state index in [1.165, 1.54) is 12.1 Å². The van der Waals surface area contributed by atoms with Crippen molar-refractivity contribution in [2.75, 3.05) is 12.3 Å². The van der Waals surface area contributed by atoms with E-state index >= 15 is 0 Å². The number of hydrogen-bond acceptors (Lipinski definition) is 3. The monoisotopic (exact) mass is 287 g/mol. The van der Waals surface area contributed by atoms with Gasteiger partial charge in [0.2, 0.25) is 0 Å². The number of carbonyl (C=O) groups excluding carboxylic acids is 1. The lowest BCUT2D eigenvalue weighted by Crippen LogP contribution is -2.26. The van der Waals surface area contributed by atoms with Crippen molar-refractivity contribution in [2.45, 2.75) is 19.8 Å². The fourth-order valence-corrected chi connectivity index (χ4v) is 2.04. The van der Waals surface area contributed by atoms with E-state index in [0.29, 0.717) is 36.3 Å². The highest BCUT2D eigenvalue weighted by Crippen LogP contribution is 2.09. The summed E-state index contributed by atoms with van der Waals surface area (Å²) in [5, 5.41) is 2.76. The molecule has 0 unspecified atom stereocenters. The van der Waals surface area contributed by atoms with Gasteiger partial charge in [0.25, 0.3) is 5.91 Å². The topological polar surface area (TPSA) is 68.0 Å². The van der Waals surface area contributed by atoms with Gasteiger partial charge in [-0.05, 0) is 36.6 Å². The minimum absolute atomic E-state index is 0.227. The van der Waals surface area contributed by atoms with Crippen LogP contribution in [-0.4, -0.2) is 17.4 Å². The molecular formula is C16H18FN3O. The van der Waals surface area contributed by atoms with Crippen LogP contribution >= 0.6 is 0 Å². The summed E-state index contributed by atoms with van der Waals surface area (Å²) >= 11 is 0. The SMILES string of the molecule is CCc1cc(C(=O)NCCc2ccccc2F)cc(N)n1.